The molecule has 1 aromatic carbocycles. The number of piperidine rings is 1. The quantitative estimate of drug-likeness (QED) is 0.840. The normalized spacial score (nSPS) is 23.0. The number of carbonyl (C=O) groups excluding carboxylic acids is 1. The highest BCUT2D eigenvalue weighted by Crippen LogP contribution is 2.27. The fraction of sp³-hybridized carbons (Fsp3) is 0.533. The van der Waals surface area contributed by atoms with Crippen LogP contribution in [-0.2, 0) is 14.8 Å². The molecule has 24 heavy (non-hydrogen) atoms. The highest BCUT2D eigenvalue weighted by Gasteiger charge is 2.35. The minimum atomic E-state index is -3.63. The minimum Gasteiger partial charge on any atom is -0.336 e. The van der Waals surface area contributed by atoms with Crippen molar-refractivity contribution in [1.29, 1.82) is 0 Å². The molecule has 3 rings (SSSR count). The lowest BCUT2D eigenvalue weighted by atomic mass is 10.1. The molecular weight excluding hydrogens is 373 g/mol. The zero-order valence-electron chi connectivity index (χ0n) is 13.2. The molecule has 2 heterocycles. The third kappa shape index (κ3) is 3.86. The second kappa shape index (κ2) is 8.01. The van der Waals surface area contributed by atoms with Gasteiger partial charge in [0.25, 0.3) is 0 Å². The molecule has 0 aliphatic carbocycles. The summed E-state index contributed by atoms with van der Waals surface area (Å²) in [6, 6.07) is 6.42. The molecule has 0 bridgehead atoms. The van der Waals surface area contributed by atoms with Crippen molar-refractivity contribution in [3.8, 4) is 0 Å². The van der Waals surface area contributed by atoms with Gasteiger partial charge in [0.15, 0.2) is 0 Å². The number of hydrogen-bond donors (Lipinski definition) is 1. The topological polar surface area (TPSA) is 69.7 Å². The number of nitrogens with one attached hydrogen (secondary N) is 1. The molecule has 2 aliphatic heterocycles. The van der Waals surface area contributed by atoms with Gasteiger partial charge in [-0.3, -0.25) is 4.79 Å². The van der Waals surface area contributed by atoms with Crippen LogP contribution in [0.4, 0.5) is 0 Å². The van der Waals surface area contributed by atoms with Crippen molar-refractivity contribution in [1.82, 2.24) is 14.5 Å². The molecule has 0 radical (unpaired) electrons. The molecule has 9 heteroatoms. The minimum absolute atomic E-state index is 0. The van der Waals surface area contributed by atoms with Crippen molar-refractivity contribution in [2.24, 2.45) is 0 Å². The number of nitrogens with zero attached hydrogens (tertiary/aromatic N) is 2. The van der Waals surface area contributed by atoms with Gasteiger partial charge in [-0.15, -0.1) is 12.4 Å². The SMILES string of the molecule is Cl.O=C1CNCCN1C1CCCN(S(=O)(=O)c2ccccc2Cl)C1. The van der Waals surface area contributed by atoms with Crippen molar-refractivity contribution < 1.29 is 13.2 Å². The van der Waals surface area contributed by atoms with Gasteiger partial charge in [-0.2, -0.15) is 4.31 Å². The predicted octanol–water partition coefficient (Wildman–Crippen LogP) is 1.35. The second-order valence-corrected chi connectivity index (χ2v) is 8.17. The lowest BCUT2D eigenvalue weighted by Crippen LogP contribution is -2.57. The number of halogens is 2. The summed E-state index contributed by atoms with van der Waals surface area (Å²) in [5.41, 5.74) is 0. The molecule has 0 spiro atoms. The summed E-state index contributed by atoms with van der Waals surface area (Å²) in [7, 11) is -3.63. The van der Waals surface area contributed by atoms with Crippen LogP contribution in [0.2, 0.25) is 5.02 Å². The van der Waals surface area contributed by atoms with Crippen molar-refractivity contribution in [2.75, 3.05) is 32.7 Å². The van der Waals surface area contributed by atoms with E-state index in [2.05, 4.69) is 5.32 Å². The first-order valence-electron chi connectivity index (χ1n) is 7.75. The van der Waals surface area contributed by atoms with E-state index in [0.717, 1.165) is 19.4 Å². The number of piperazine rings is 1. The van der Waals surface area contributed by atoms with Gasteiger partial charge >= 0.3 is 0 Å². The Morgan fingerprint density at radius 1 is 1.21 bits per heavy atom. The van der Waals surface area contributed by atoms with Crippen molar-refractivity contribution in [3.63, 3.8) is 0 Å². The van der Waals surface area contributed by atoms with Gasteiger partial charge in [0.1, 0.15) is 4.90 Å². The Kier molecular flexibility index (Phi) is 6.50. The van der Waals surface area contributed by atoms with E-state index in [4.69, 9.17) is 11.6 Å². The molecule has 2 fully saturated rings. The van der Waals surface area contributed by atoms with Gasteiger partial charge in [0.2, 0.25) is 15.9 Å². The first kappa shape index (κ1) is 19.5. The molecule has 1 unspecified atom stereocenters. The monoisotopic (exact) mass is 393 g/mol. The molecule has 2 saturated heterocycles. The second-order valence-electron chi connectivity index (χ2n) is 5.85. The highest BCUT2D eigenvalue weighted by molar-refractivity contribution is 7.89. The molecule has 134 valence electrons. The molecule has 2 aliphatic rings. The summed E-state index contributed by atoms with van der Waals surface area (Å²) in [4.78, 5) is 14.0. The maximum absolute atomic E-state index is 12.8. The number of benzene rings is 1. The number of amides is 1. The maximum atomic E-state index is 12.8. The molecule has 1 amide bonds. The van der Waals surface area contributed by atoms with Gasteiger partial charge < -0.3 is 10.2 Å². The van der Waals surface area contributed by atoms with Crippen LogP contribution in [0.25, 0.3) is 0 Å². The number of sulfonamides is 1. The van der Waals surface area contributed by atoms with Gasteiger partial charge in [0.05, 0.1) is 11.6 Å². The Labute approximate surface area is 153 Å². The lowest BCUT2D eigenvalue weighted by Gasteiger charge is -2.40. The van der Waals surface area contributed by atoms with E-state index >= 15 is 0 Å². The van der Waals surface area contributed by atoms with E-state index in [9.17, 15) is 13.2 Å². The third-order valence-electron chi connectivity index (χ3n) is 4.38. The Morgan fingerprint density at radius 3 is 2.67 bits per heavy atom. The number of carbonyl (C=O) groups is 1. The molecule has 1 N–H and O–H groups in total. The summed E-state index contributed by atoms with van der Waals surface area (Å²) < 4.78 is 27.1. The predicted molar refractivity (Wildman–Crippen MR) is 95.1 cm³/mol. The van der Waals surface area contributed by atoms with Gasteiger partial charge in [-0.25, -0.2) is 8.42 Å². The molecule has 0 saturated carbocycles. The van der Waals surface area contributed by atoms with Crippen LogP contribution in [0, 0.1) is 0 Å². The summed E-state index contributed by atoms with van der Waals surface area (Å²) in [5.74, 6) is 0.0400. The van der Waals surface area contributed by atoms with E-state index in [1.165, 1.54) is 10.4 Å². The Bertz CT molecular complexity index is 699. The molecular formula is C15H21Cl2N3O3S. The number of rotatable bonds is 3. The average molecular weight is 394 g/mol. The smallest absolute Gasteiger partial charge is 0.244 e. The Hall–Kier alpha value is -0.860. The van der Waals surface area contributed by atoms with Gasteiger partial charge in [0, 0.05) is 32.2 Å². The summed E-state index contributed by atoms with van der Waals surface area (Å²) in [6.07, 6.45) is 1.58. The fourth-order valence-corrected chi connectivity index (χ4v) is 5.20. The first-order chi connectivity index (χ1) is 11.0. The van der Waals surface area contributed by atoms with E-state index in [1.807, 2.05) is 4.90 Å². The Morgan fingerprint density at radius 2 is 1.96 bits per heavy atom. The van der Waals surface area contributed by atoms with E-state index in [-0.39, 0.29) is 34.3 Å². The number of hydrogen-bond acceptors (Lipinski definition) is 4. The van der Waals surface area contributed by atoms with Crippen LogP contribution in [0.5, 0.6) is 0 Å². The average Bonchev–Trinajstić information content (AvgIpc) is 2.55. The van der Waals surface area contributed by atoms with E-state index in [1.54, 1.807) is 18.2 Å². The van der Waals surface area contributed by atoms with Crippen LogP contribution >= 0.6 is 24.0 Å². The Balaban J connectivity index is 0.00000208. The van der Waals surface area contributed by atoms with Crippen molar-refractivity contribution in [3.05, 3.63) is 29.3 Å². The van der Waals surface area contributed by atoms with Crippen LogP contribution < -0.4 is 5.32 Å². The van der Waals surface area contributed by atoms with Crippen LogP contribution in [0.1, 0.15) is 12.8 Å². The molecule has 6 nitrogen and oxygen atoms in total. The van der Waals surface area contributed by atoms with Gasteiger partial charge in [-0.1, -0.05) is 23.7 Å². The molecule has 1 atom stereocenters. The van der Waals surface area contributed by atoms with Crippen LogP contribution in [0.15, 0.2) is 29.2 Å². The summed E-state index contributed by atoms with van der Waals surface area (Å²) in [6.45, 7) is 2.50. The zero-order valence-corrected chi connectivity index (χ0v) is 15.5. The summed E-state index contributed by atoms with van der Waals surface area (Å²) in [5, 5.41) is 3.27. The zero-order chi connectivity index (χ0) is 16.4. The van der Waals surface area contributed by atoms with Crippen molar-refractivity contribution >= 4 is 39.9 Å². The molecule has 0 aromatic heterocycles. The van der Waals surface area contributed by atoms with Crippen LogP contribution in [0.3, 0.4) is 0 Å². The van der Waals surface area contributed by atoms with Gasteiger partial charge in [-0.05, 0) is 25.0 Å². The fourth-order valence-electron chi connectivity index (χ4n) is 3.19. The first-order valence-corrected chi connectivity index (χ1v) is 9.57. The maximum Gasteiger partial charge on any atom is 0.244 e. The largest absolute Gasteiger partial charge is 0.336 e. The third-order valence-corrected chi connectivity index (χ3v) is 6.75. The standard InChI is InChI=1S/C15H20ClN3O3S.ClH/c16-13-5-1-2-6-14(13)23(21,22)18-8-3-4-12(11-18)19-9-7-17-10-15(19)20;/h1-2,5-6,12,17H,3-4,7-11H2;1H. The summed E-state index contributed by atoms with van der Waals surface area (Å²) >= 11 is 6.06. The van der Waals surface area contributed by atoms with E-state index in [0.29, 0.717) is 26.2 Å². The van der Waals surface area contributed by atoms with Crippen molar-refractivity contribution in [2.45, 2.75) is 23.8 Å². The lowest BCUT2D eigenvalue weighted by molar-refractivity contribution is -0.135. The van der Waals surface area contributed by atoms with E-state index < -0.39 is 10.0 Å². The highest BCUT2D eigenvalue weighted by atomic mass is 35.5. The van der Waals surface area contributed by atoms with Crippen LogP contribution in [-0.4, -0.2) is 62.3 Å². The molecule has 1 aromatic rings.